The average Bonchev–Trinajstić information content (AvgIpc) is 2.95. The maximum absolute atomic E-state index is 5.99. The molecule has 1 aromatic carbocycles. The third-order valence-electron chi connectivity index (χ3n) is 3.61. The number of nitrogens with zero attached hydrogens (tertiary/aromatic N) is 3. The average molecular weight is 474 g/mol. The van der Waals surface area contributed by atoms with Gasteiger partial charge >= 0.3 is 0 Å². The molecular weight excluding hydrogens is 447 g/mol. The van der Waals surface area contributed by atoms with E-state index in [1.807, 2.05) is 32.2 Å². The second kappa shape index (κ2) is 10.6. The third-order valence-corrected chi connectivity index (χ3v) is 4.43. The van der Waals surface area contributed by atoms with Crippen LogP contribution < -0.4 is 10.1 Å². The molecule has 1 aromatic heterocycles. The van der Waals surface area contributed by atoms with Gasteiger partial charge in [0.1, 0.15) is 11.9 Å². The van der Waals surface area contributed by atoms with E-state index in [4.69, 9.17) is 4.74 Å². The molecule has 0 fully saturated rings. The van der Waals surface area contributed by atoms with Crippen molar-refractivity contribution in [2.75, 3.05) is 20.6 Å². The number of aromatic nitrogens is 1. The number of ether oxygens (including phenoxy) is 1. The molecule has 0 bridgehead atoms. The van der Waals surface area contributed by atoms with Crippen LogP contribution in [0.3, 0.4) is 0 Å². The Hall–Kier alpha value is -1.35. The van der Waals surface area contributed by atoms with Crippen LogP contribution in [0.4, 0.5) is 0 Å². The zero-order valence-corrected chi connectivity index (χ0v) is 18.6. The molecule has 7 heteroatoms. The Balaban J connectivity index is 0.00000312. The SMILES string of the molecule is CN=C(NCC(C)Oc1ccccc1C)N(C)Cc1csc(C)n1.I. The molecule has 0 saturated heterocycles. The lowest BCUT2D eigenvalue weighted by Gasteiger charge is -2.23. The van der Waals surface area contributed by atoms with Crippen LogP contribution >= 0.6 is 35.3 Å². The summed E-state index contributed by atoms with van der Waals surface area (Å²) in [5, 5.41) is 6.53. The first-order valence-corrected chi connectivity index (χ1v) is 8.92. The Morgan fingerprint density at radius 3 is 2.68 bits per heavy atom. The van der Waals surface area contributed by atoms with E-state index in [0.29, 0.717) is 6.54 Å². The molecule has 0 saturated carbocycles. The number of hydrogen-bond acceptors (Lipinski definition) is 4. The van der Waals surface area contributed by atoms with Gasteiger partial charge in [-0.15, -0.1) is 35.3 Å². The van der Waals surface area contributed by atoms with Crippen LogP contribution in [0.5, 0.6) is 5.75 Å². The van der Waals surface area contributed by atoms with Crippen molar-refractivity contribution in [2.24, 2.45) is 4.99 Å². The molecule has 0 aliphatic carbocycles. The van der Waals surface area contributed by atoms with Crippen LogP contribution in [0.2, 0.25) is 0 Å². The molecule has 2 aromatic rings. The zero-order valence-electron chi connectivity index (χ0n) is 15.4. The van der Waals surface area contributed by atoms with Gasteiger partial charge in [-0.05, 0) is 32.4 Å². The molecule has 25 heavy (non-hydrogen) atoms. The summed E-state index contributed by atoms with van der Waals surface area (Å²) in [5.74, 6) is 1.76. The molecule has 0 amide bonds. The van der Waals surface area contributed by atoms with Gasteiger partial charge in [-0.3, -0.25) is 4.99 Å². The molecule has 1 atom stereocenters. The molecule has 138 valence electrons. The first kappa shape index (κ1) is 21.7. The van der Waals surface area contributed by atoms with Gasteiger partial charge in [0.15, 0.2) is 5.96 Å². The van der Waals surface area contributed by atoms with E-state index in [2.05, 4.69) is 45.5 Å². The molecule has 0 radical (unpaired) electrons. The van der Waals surface area contributed by atoms with Gasteiger partial charge in [0.2, 0.25) is 0 Å². The topological polar surface area (TPSA) is 49.8 Å². The Bertz CT molecular complexity index is 689. The van der Waals surface area contributed by atoms with Crippen LogP contribution in [-0.2, 0) is 6.54 Å². The van der Waals surface area contributed by atoms with Crippen molar-refractivity contribution in [3.63, 3.8) is 0 Å². The van der Waals surface area contributed by atoms with Crippen molar-refractivity contribution in [3.8, 4) is 5.75 Å². The maximum atomic E-state index is 5.99. The lowest BCUT2D eigenvalue weighted by Crippen LogP contribution is -2.42. The number of thiazole rings is 1. The number of nitrogens with one attached hydrogen (secondary N) is 1. The summed E-state index contributed by atoms with van der Waals surface area (Å²) in [6.07, 6.45) is 0.0396. The van der Waals surface area contributed by atoms with Gasteiger partial charge in [0.25, 0.3) is 0 Å². The number of rotatable bonds is 6. The van der Waals surface area contributed by atoms with Crippen LogP contribution in [0, 0.1) is 13.8 Å². The Morgan fingerprint density at radius 1 is 1.36 bits per heavy atom. The molecule has 1 N–H and O–H groups in total. The standard InChI is InChI=1S/C18H26N4OS.HI/c1-13-8-6-7-9-17(13)23-14(2)10-20-18(19-4)22(5)11-16-12-24-15(3)21-16;/h6-9,12,14H,10-11H2,1-5H3,(H,19,20);1H. The highest BCUT2D eigenvalue weighted by atomic mass is 127. The summed E-state index contributed by atoms with van der Waals surface area (Å²) in [6, 6.07) is 8.06. The van der Waals surface area contributed by atoms with Crippen molar-refractivity contribution in [2.45, 2.75) is 33.4 Å². The van der Waals surface area contributed by atoms with Crippen molar-refractivity contribution in [3.05, 3.63) is 45.9 Å². The summed E-state index contributed by atoms with van der Waals surface area (Å²) in [6.45, 7) is 7.54. The summed E-state index contributed by atoms with van der Waals surface area (Å²) in [7, 11) is 3.80. The van der Waals surface area contributed by atoms with E-state index in [9.17, 15) is 0 Å². The molecule has 0 aliphatic heterocycles. The molecule has 1 unspecified atom stereocenters. The predicted octanol–water partition coefficient (Wildman–Crippen LogP) is 3.85. The minimum atomic E-state index is 0. The van der Waals surface area contributed by atoms with E-state index >= 15 is 0 Å². The Morgan fingerprint density at radius 2 is 2.08 bits per heavy atom. The summed E-state index contributed by atoms with van der Waals surface area (Å²) in [4.78, 5) is 10.9. The van der Waals surface area contributed by atoms with Gasteiger partial charge in [0.05, 0.1) is 23.8 Å². The predicted molar refractivity (Wildman–Crippen MR) is 116 cm³/mol. The largest absolute Gasteiger partial charge is 0.489 e. The number of aryl methyl sites for hydroxylation is 2. The van der Waals surface area contributed by atoms with Gasteiger partial charge in [-0.25, -0.2) is 4.98 Å². The van der Waals surface area contributed by atoms with Crippen LogP contribution in [0.15, 0.2) is 34.6 Å². The van der Waals surface area contributed by atoms with E-state index in [1.54, 1.807) is 18.4 Å². The molecular formula is C18H27IN4OS. The highest BCUT2D eigenvalue weighted by molar-refractivity contribution is 14.0. The van der Waals surface area contributed by atoms with Crippen LogP contribution in [-0.4, -0.2) is 42.6 Å². The minimum Gasteiger partial charge on any atom is -0.489 e. The van der Waals surface area contributed by atoms with E-state index in [1.165, 1.54) is 0 Å². The van der Waals surface area contributed by atoms with Crippen LogP contribution in [0.1, 0.15) is 23.2 Å². The highest BCUT2D eigenvalue weighted by Crippen LogP contribution is 2.17. The monoisotopic (exact) mass is 474 g/mol. The summed E-state index contributed by atoms with van der Waals surface area (Å²) < 4.78 is 5.99. The number of guanidine groups is 1. The maximum Gasteiger partial charge on any atom is 0.193 e. The fourth-order valence-electron chi connectivity index (χ4n) is 2.37. The van der Waals surface area contributed by atoms with E-state index < -0.39 is 0 Å². The number of aliphatic imine (C=N–C) groups is 1. The molecule has 1 heterocycles. The smallest absolute Gasteiger partial charge is 0.193 e. The molecule has 0 spiro atoms. The fraction of sp³-hybridized carbons (Fsp3) is 0.444. The van der Waals surface area contributed by atoms with E-state index in [0.717, 1.165) is 34.5 Å². The first-order chi connectivity index (χ1) is 11.5. The molecule has 5 nitrogen and oxygen atoms in total. The van der Waals surface area contributed by atoms with Crippen molar-refractivity contribution in [1.29, 1.82) is 0 Å². The minimum absolute atomic E-state index is 0. The quantitative estimate of drug-likeness (QED) is 0.393. The van der Waals surface area contributed by atoms with Gasteiger partial charge in [-0.2, -0.15) is 0 Å². The summed E-state index contributed by atoms with van der Waals surface area (Å²) >= 11 is 1.67. The van der Waals surface area contributed by atoms with Crippen molar-refractivity contribution < 1.29 is 4.74 Å². The number of benzene rings is 1. The van der Waals surface area contributed by atoms with Crippen molar-refractivity contribution >= 4 is 41.3 Å². The fourth-order valence-corrected chi connectivity index (χ4v) is 2.97. The van der Waals surface area contributed by atoms with Crippen molar-refractivity contribution in [1.82, 2.24) is 15.2 Å². The summed E-state index contributed by atoms with van der Waals surface area (Å²) in [5.41, 5.74) is 2.21. The Kier molecular flexibility index (Phi) is 9.20. The number of halogens is 1. The van der Waals surface area contributed by atoms with Gasteiger partial charge in [-0.1, -0.05) is 18.2 Å². The number of hydrogen-bond donors (Lipinski definition) is 1. The Labute approximate surface area is 171 Å². The van der Waals surface area contributed by atoms with Gasteiger partial charge < -0.3 is 15.0 Å². The normalized spacial score (nSPS) is 12.3. The lowest BCUT2D eigenvalue weighted by atomic mass is 10.2. The lowest BCUT2D eigenvalue weighted by molar-refractivity contribution is 0.221. The second-order valence-corrected chi connectivity index (χ2v) is 6.90. The molecule has 0 aliphatic rings. The third kappa shape index (κ3) is 6.81. The zero-order chi connectivity index (χ0) is 17.5. The highest BCUT2D eigenvalue weighted by Gasteiger charge is 2.11. The first-order valence-electron chi connectivity index (χ1n) is 8.04. The van der Waals surface area contributed by atoms with Crippen LogP contribution in [0.25, 0.3) is 0 Å². The number of para-hydroxylation sites is 1. The van der Waals surface area contributed by atoms with Gasteiger partial charge in [0, 0.05) is 19.5 Å². The molecule has 2 rings (SSSR count). The second-order valence-electron chi connectivity index (χ2n) is 5.84. The van der Waals surface area contributed by atoms with E-state index in [-0.39, 0.29) is 30.1 Å².